The molecule has 1 rings (SSSR count). The molecule has 0 amide bonds. The van der Waals surface area contributed by atoms with E-state index >= 15 is 0 Å². The lowest BCUT2D eigenvalue weighted by Gasteiger charge is -2.15. The maximum Gasteiger partial charge on any atom is 0.522 e. The second kappa shape index (κ2) is 3.62. The van der Waals surface area contributed by atoms with Crippen LogP contribution in [-0.4, -0.2) is 37.0 Å². The zero-order valence-electron chi connectivity index (χ0n) is 6.90. The minimum Gasteiger partial charge on any atom is -0.301 e. The molecule has 1 aliphatic rings. The predicted octanol–water partition coefficient (Wildman–Crippen LogP) is 1.62. The van der Waals surface area contributed by atoms with Crippen LogP contribution in [0.1, 0.15) is 13.3 Å². The third-order valence-electron chi connectivity index (χ3n) is 1.98. The molecule has 1 fully saturated rings. The average molecular weight is 183 g/mol. The van der Waals surface area contributed by atoms with Crippen molar-refractivity contribution in [3.8, 4) is 0 Å². The summed E-state index contributed by atoms with van der Waals surface area (Å²) in [6, 6.07) is 0. The normalized spacial score (nSPS) is 26.5. The summed E-state index contributed by atoms with van der Waals surface area (Å²) in [7, 11) is 0. The highest BCUT2D eigenvalue weighted by Gasteiger charge is 2.36. The molecule has 72 valence electrons. The van der Waals surface area contributed by atoms with Gasteiger partial charge in [0.25, 0.3) is 0 Å². The summed E-state index contributed by atoms with van der Waals surface area (Å²) < 4.78 is 39.0. The molecule has 0 saturated carbocycles. The van der Waals surface area contributed by atoms with Gasteiger partial charge in [0.1, 0.15) is 0 Å². The molecule has 0 aromatic carbocycles. The van der Waals surface area contributed by atoms with Gasteiger partial charge in [-0.05, 0) is 13.0 Å². The Labute approximate surface area is 69.3 Å². The fourth-order valence-electron chi connectivity index (χ4n) is 1.37. The first-order chi connectivity index (χ1) is 5.51. The number of hydrogen-bond acceptors (Lipinski definition) is 2. The Hall–Kier alpha value is -0.290. The second-order valence-corrected chi connectivity index (χ2v) is 2.87. The van der Waals surface area contributed by atoms with Crippen LogP contribution in [0.4, 0.5) is 13.2 Å². The Bertz CT molecular complexity index is 148. The highest BCUT2D eigenvalue weighted by atomic mass is 19.4. The van der Waals surface area contributed by atoms with Gasteiger partial charge in [-0.1, -0.05) is 6.92 Å². The summed E-state index contributed by atoms with van der Waals surface area (Å²) >= 11 is 0. The van der Waals surface area contributed by atoms with Crippen LogP contribution in [0.25, 0.3) is 0 Å². The van der Waals surface area contributed by atoms with Crippen LogP contribution in [-0.2, 0) is 4.74 Å². The lowest BCUT2D eigenvalue weighted by atomic mass is 10.3. The summed E-state index contributed by atoms with van der Waals surface area (Å²) in [5, 5.41) is 0. The lowest BCUT2D eigenvalue weighted by molar-refractivity contribution is -0.340. The fraction of sp³-hybridized carbons (Fsp3) is 1.00. The molecule has 2 nitrogen and oxygen atoms in total. The molecule has 1 heterocycles. The van der Waals surface area contributed by atoms with Crippen molar-refractivity contribution in [1.29, 1.82) is 0 Å². The summed E-state index contributed by atoms with van der Waals surface area (Å²) in [4.78, 5) is 1.94. The van der Waals surface area contributed by atoms with E-state index in [9.17, 15) is 13.2 Å². The highest BCUT2D eigenvalue weighted by molar-refractivity contribution is 4.75. The highest BCUT2D eigenvalue weighted by Crippen LogP contribution is 2.23. The SMILES string of the molecule is CCN1CC[C@H](OC(F)(F)F)C1. The average Bonchev–Trinajstić information content (AvgIpc) is 2.32. The largest absolute Gasteiger partial charge is 0.522 e. The maximum absolute atomic E-state index is 11.7. The molecule has 0 radical (unpaired) electrons. The molecule has 0 spiro atoms. The maximum atomic E-state index is 11.7. The number of hydrogen-bond donors (Lipinski definition) is 0. The molecule has 0 aliphatic carbocycles. The molecule has 0 aromatic rings. The van der Waals surface area contributed by atoms with E-state index < -0.39 is 12.5 Å². The number of likely N-dealkylation sites (N-methyl/N-ethyl adjacent to an activating group) is 1. The van der Waals surface area contributed by atoms with E-state index in [0.717, 1.165) is 6.54 Å². The molecule has 0 bridgehead atoms. The van der Waals surface area contributed by atoms with Gasteiger partial charge in [-0.2, -0.15) is 0 Å². The molecule has 5 heteroatoms. The van der Waals surface area contributed by atoms with E-state index in [1.807, 2.05) is 11.8 Å². The Balaban J connectivity index is 2.28. The van der Waals surface area contributed by atoms with Gasteiger partial charge < -0.3 is 4.90 Å². The van der Waals surface area contributed by atoms with Crippen molar-refractivity contribution in [2.45, 2.75) is 25.8 Å². The van der Waals surface area contributed by atoms with E-state index in [-0.39, 0.29) is 0 Å². The third-order valence-corrected chi connectivity index (χ3v) is 1.98. The van der Waals surface area contributed by atoms with Crippen molar-refractivity contribution in [3.63, 3.8) is 0 Å². The molecule has 1 atom stereocenters. The van der Waals surface area contributed by atoms with Crippen molar-refractivity contribution in [1.82, 2.24) is 4.90 Å². The van der Waals surface area contributed by atoms with Gasteiger partial charge in [-0.3, -0.25) is 4.74 Å². The van der Waals surface area contributed by atoms with Gasteiger partial charge in [-0.15, -0.1) is 13.2 Å². The van der Waals surface area contributed by atoms with E-state index in [1.54, 1.807) is 0 Å². The van der Waals surface area contributed by atoms with Gasteiger partial charge in [0.05, 0.1) is 6.10 Å². The Morgan fingerprint density at radius 3 is 2.58 bits per heavy atom. The van der Waals surface area contributed by atoms with Crippen LogP contribution >= 0.6 is 0 Å². The first-order valence-electron chi connectivity index (χ1n) is 3.98. The van der Waals surface area contributed by atoms with Crippen molar-refractivity contribution in [2.75, 3.05) is 19.6 Å². The van der Waals surface area contributed by atoms with Gasteiger partial charge in [0.2, 0.25) is 0 Å². The van der Waals surface area contributed by atoms with Crippen LogP contribution in [0.15, 0.2) is 0 Å². The number of likely N-dealkylation sites (tertiary alicyclic amines) is 1. The smallest absolute Gasteiger partial charge is 0.301 e. The Morgan fingerprint density at radius 2 is 2.17 bits per heavy atom. The van der Waals surface area contributed by atoms with Crippen LogP contribution in [0, 0.1) is 0 Å². The summed E-state index contributed by atoms with van der Waals surface area (Å²) in [6.45, 7) is 3.82. The molecule has 0 unspecified atom stereocenters. The van der Waals surface area contributed by atoms with Crippen molar-refractivity contribution in [2.24, 2.45) is 0 Å². The predicted molar refractivity (Wildman–Crippen MR) is 37.7 cm³/mol. The minimum absolute atomic E-state index is 0.399. The number of rotatable bonds is 2. The topological polar surface area (TPSA) is 12.5 Å². The van der Waals surface area contributed by atoms with E-state index in [2.05, 4.69) is 4.74 Å². The van der Waals surface area contributed by atoms with Crippen LogP contribution < -0.4 is 0 Å². The fourth-order valence-corrected chi connectivity index (χ4v) is 1.37. The third kappa shape index (κ3) is 2.98. The number of alkyl halides is 3. The molecule has 1 aliphatic heterocycles. The monoisotopic (exact) mass is 183 g/mol. The van der Waals surface area contributed by atoms with Crippen molar-refractivity contribution < 1.29 is 17.9 Å². The zero-order valence-corrected chi connectivity index (χ0v) is 6.90. The molecular formula is C7H12F3NO. The van der Waals surface area contributed by atoms with Gasteiger partial charge in [0.15, 0.2) is 0 Å². The number of halogens is 3. The summed E-state index contributed by atoms with van der Waals surface area (Å²) in [6.07, 6.45) is -4.66. The van der Waals surface area contributed by atoms with Gasteiger partial charge in [0, 0.05) is 13.1 Å². The standard InChI is InChI=1S/C7H12F3NO/c1-2-11-4-3-6(5-11)12-7(8,9)10/h6H,2-5H2,1H3/t6-/m0/s1. The molecule has 12 heavy (non-hydrogen) atoms. The van der Waals surface area contributed by atoms with Gasteiger partial charge >= 0.3 is 6.36 Å². The van der Waals surface area contributed by atoms with Crippen molar-refractivity contribution >= 4 is 0 Å². The number of ether oxygens (including phenoxy) is 1. The van der Waals surface area contributed by atoms with Crippen molar-refractivity contribution in [3.05, 3.63) is 0 Å². The second-order valence-electron chi connectivity index (χ2n) is 2.87. The summed E-state index contributed by atoms with van der Waals surface area (Å²) in [5.41, 5.74) is 0. The van der Waals surface area contributed by atoms with Gasteiger partial charge in [-0.25, -0.2) is 0 Å². The van der Waals surface area contributed by atoms with Crippen LogP contribution in [0.5, 0.6) is 0 Å². The quantitative estimate of drug-likeness (QED) is 0.645. The molecular weight excluding hydrogens is 171 g/mol. The first-order valence-corrected chi connectivity index (χ1v) is 3.98. The lowest BCUT2D eigenvalue weighted by Crippen LogP contribution is -2.27. The minimum atomic E-state index is -4.48. The molecule has 0 aromatic heterocycles. The molecule has 1 saturated heterocycles. The van der Waals surface area contributed by atoms with E-state index in [0.29, 0.717) is 19.5 Å². The van der Waals surface area contributed by atoms with Crippen LogP contribution in [0.3, 0.4) is 0 Å². The summed E-state index contributed by atoms with van der Waals surface area (Å²) in [5.74, 6) is 0. The zero-order chi connectivity index (χ0) is 9.19. The number of nitrogens with zero attached hydrogens (tertiary/aromatic N) is 1. The van der Waals surface area contributed by atoms with E-state index in [4.69, 9.17) is 0 Å². The molecule has 0 N–H and O–H groups in total. The Morgan fingerprint density at radius 1 is 1.50 bits per heavy atom. The van der Waals surface area contributed by atoms with Crippen LogP contribution in [0.2, 0.25) is 0 Å². The Kier molecular flexibility index (Phi) is 2.95. The van der Waals surface area contributed by atoms with E-state index in [1.165, 1.54) is 0 Å². The first kappa shape index (κ1) is 9.80.